The van der Waals surface area contributed by atoms with Crippen LogP contribution in [0.5, 0.6) is 0 Å². The number of carbonyl (C=O) groups excluding carboxylic acids is 1. The molecule has 0 bridgehead atoms. The Balaban J connectivity index is 1.71. The molecule has 1 aromatic rings. The van der Waals surface area contributed by atoms with Crippen molar-refractivity contribution in [1.82, 2.24) is 10.2 Å². The molecule has 0 radical (unpaired) electrons. The fourth-order valence-electron chi connectivity index (χ4n) is 2.41. The minimum Gasteiger partial charge on any atom is -0.351 e. The molecule has 1 amide bonds. The average molecular weight is 266 g/mol. The lowest BCUT2D eigenvalue weighted by Gasteiger charge is -2.34. The van der Waals surface area contributed by atoms with Gasteiger partial charge in [-0.05, 0) is 57.1 Å². The highest BCUT2D eigenvalue weighted by Gasteiger charge is 2.21. The lowest BCUT2D eigenvalue weighted by molar-refractivity contribution is 0.0933. The average Bonchev–Trinajstić information content (AvgIpc) is 2.90. The Morgan fingerprint density at radius 1 is 1.50 bits per heavy atom. The topological polar surface area (TPSA) is 32.3 Å². The Labute approximate surface area is 113 Å². The second kappa shape index (κ2) is 6.34. The molecule has 1 aliphatic heterocycles. The standard InChI is InChI=1S/C14H22N2OS/c1-11(2)16-7-5-12(6-8-16)10-15-14(17)13-4-3-9-18-13/h3-4,9,11-12H,5-8,10H2,1-2H3,(H,15,17). The van der Waals surface area contributed by atoms with E-state index in [-0.39, 0.29) is 5.91 Å². The third-order valence-electron chi connectivity index (χ3n) is 3.68. The minimum absolute atomic E-state index is 0.0799. The van der Waals surface area contributed by atoms with E-state index in [0.29, 0.717) is 12.0 Å². The van der Waals surface area contributed by atoms with Crippen molar-refractivity contribution in [3.05, 3.63) is 22.4 Å². The Hall–Kier alpha value is -0.870. The van der Waals surface area contributed by atoms with Crippen LogP contribution < -0.4 is 5.32 Å². The molecule has 0 atom stereocenters. The Morgan fingerprint density at radius 2 is 2.22 bits per heavy atom. The van der Waals surface area contributed by atoms with Crippen LogP contribution in [0.3, 0.4) is 0 Å². The summed E-state index contributed by atoms with van der Waals surface area (Å²) in [6.07, 6.45) is 2.39. The molecule has 1 aromatic heterocycles. The van der Waals surface area contributed by atoms with Gasteiger partial charge in [0.1, 0.15) is 0 Å². The molecule has 1 aliphatic rings. The molecule has 0 aliphatic carbocycles. The summed E-state index contributed by atoms with van der Waals surface area (Å²) in [5.41, 5.74) is 0. The molecule has 1 saturated heterocycles. The first kappa shape index (κ1) is 13.6. The van der Waals surface area contributed by atoms with E-state index in [1.807, 2.05) is 17.5 Å². The zero-order valence-corrected chi connectivity index (χ0v) is 12.0. The van der Waals surface area contributed by atoms with Gasteiger partial charge in [0.2, 0.25) is 0 Å². The molecular weight excluding hydrogens is 244 g/mol. The third kappa shape index (κ3) is 3.56. The summed E-state index contributed by atoms with van der Waals surface area (Å²) >= 11 is 1.50. The summed E-state index contributed by atoms with van der Waals surface area (Å²) in [5.74, 6) is 0.722. The highest BCUT2D eigenvalue weighted by Crippen LogP contribution is 2.18. The van der Waals surface area contributed by atoms with Crippen LogP contribution in [-0.4, -0.2) is 36.5 Å². The summed E-state index contributed by atoms with van der Waals surface area (Å²) in [7, 11) is 0. The quantitative estimate of drug-likeness (QED) is 0.908. The van der Waals surface area contributed by atoms with Crippen LogP contribution in [0.25, 0.3) is 0 Å². The monoisotopic (exact) mass is 266 g/mol. The van der Waals surface area contributed by atoms with Gasteiger partial charge in [-0.2, -0.15) is 0 Å². The van der Waals surface area contributed by atoms with E-state index in [4.69, 9.17) is 0 Å². The summed E-state index contributed by atoms with van der Waals surface area (Å²) < 4.78 is 0. The SMILES string of the molecule is CC(C)N1CCC(CNC(=O)c2cccs2)CC1. The smallest absolute Gasteiger partial charge is 0.261 e. The fraction of sp³-hybridized carbons (Fsp3) is 0.643. The normalized spacial score (nSPS) is 18.2. The van der Waals surface area contributed by atoms with Gasteiger partial charge >= 0.3 is 0 Å². The first-order valence-corrected chi connectivity index (χ1v) is 7.60. The maximum absolute atomic E-state index is 11.8. The number of likely N-dealkylation sites (tertiary alicyclic amines) is 1. The molecule has 0 aromatic carbocycles. The zero-order valence-electron chi connectivity index (χ0n) is 11.2. The van der Waals surface area contributed by atoms with E-state index in [9.17, 15) is 4.79 Å². The van der Waals surface area contributed by atoms with Gasteiger partial charge in [0.15, 0.2) is 0 Å². The maximum atomic E-state index is 11.8. The van der Waals surface area contributed by atoms with Crippen molar-refractivity contribution < 1.29 is 4.79 Å². The second-order valence-corrected chi connectivity index (χ2v) is 6.21. The predicted octanol–water partition coefficient (Wildman–Crippen LogP) is 2.60. The van der Waals surface area contributed by atoms with E-state index in [0.717, 1.165) is 24.5 Å². The van der Waals surface area contributed by atoms with Crippen LogP contribution >= 0.6 is 11.3 Å². The van der Waals surface area contributed by atoms with Gasteiger partial charge in [-0.1, -0.05) is 6.07 Å². The van der Waals surface area contributed by atoms with E-state index < -0.39 is 0 Å². The van der Waals surface area contributed by atoms with Crippen molar-refractivity contribution in [2.45, 2.75) is 32.7 Å². The lowest BCUT2D eigenvalue weighted by atomic mass is 9.96. The first-order chi connectivity index (χ1) is 8.66. The molecule has 4 heteroatoms. The Morgan fingerprint density at radius 3 is 2.78 bits per heavy atom. The predicted molar refractivity (Wildman–Crippen MR) is 76.1 cm³/mol. The molecule has 1 N–H and O–H groups in total. The second-order valence-electron chi connectivity index (χ2n) is 5.26. The van der Waals surface area contributed by atoms with Gasteiger partial charge in [0.05, 0.1) is 4.88 Å². The van der Waals surface area contributed by atoms with Gasteiger partial charge < -0.3 is 10.2 Å². The van der Waals surface area contributed by atoms with E-state index >= 15 is 0 Å². The highest BCUT2D eigenvalue weighted by molar-refractivity contribution is 7.12. The molecule has 0 spiro atoms. The number of thiophene rings is 1. The van der Waals surface area contributed by atoms with Crippen molar-refractivity contribution in [1.29, 1.82) is 0 Å². The molecular formula is C14H22N2OS. The summed E-state index contributed by atoms with van der Waals surface area (Å²) in [6, 6.07) is 4.44. The van der Waals surface area contributed by atoms with Gasteiger partial charge in [-0.15, -0.1) is 11.3 Å². The number of piperidine rings is 1. The largest absolute Gasteiger partial charge is 0.351 e. The van der Waals surface area contributed by atoms with Crippen molar-refractivity contribution in [3.63, 3.8) is 0 Å². The van der Waals surface area contributed by atoms with Crippen molar-refractivity contribution in [2.75, 3.05) is 19.6 Å². The highest BCUT2D eigenvalue weighted by atomic mass is 32.1. The molecule has 2 heterocycles. The minimum atomic E-state index is 0.0799. The van der Waals surface area contributed by atoms with E-state index in [2.05, 4.69) is 24.1 Å². The molecule has 18 heavy (non-hydrogen) atoms. The summed E-state index contributed by atoms with van der Waals surface area (Å²) in [5, 5.41) is 4.99. The zero-order chi connectivity index (χ0) is 13.0. The van der Waals surface area contributed by atoms with Crippen LogP contribution in [0.4, 0.5) is 0 Å². The van der Waals surface area contributed by atoms with Crippen LogP contribution in [0, 0.1) is 5.92 Å². The number of carbonyl (C=O) groups is 1. The molecule has 3 nitrogen and oxygen atoms in total. The maximum Gasteiger partial charge on any atom is 0.261 e. The number of amides is 1. The number of nitrogens with zero attached hydrogens (tertiary/aromatic N) is 1. The van der Waals surface area contributed by atoms with Crippen molar-refractivity contribution >= 4 is 17.2 Å². The molecule has 0 unspecified atom stereocenters. The van der Waals surface area contributed by atoms with Crippen LogP contribution in [-0.2, 0) is 0 Å². The number of nitrogens with one attached hydrogen (secondary N) is 1. The molecule has 100 valence electrons. The molecule has 0 saturated carbocycles. The Kier molecular flexibility index (Phi) is 4.78. The van der Waals surface area contributed by atoms with Crippen molar-refractivity contribution in [2.24, 2.45) is 5.92 Å². The van der Waals surface area contributed by atoms with Gasteiger partial charge in [0.25, 0.3) is 5.91 Å². The molecule has 2 rings (SSSR count). The molecule has 1 fully saturated rings. The van der Waals surface area contributed by atoms with Gasteiger partial charge in [-0.3, -0.25) is 4.79 Å². The summed E-state index contributed by atoms with van der Waals surface area (Å²) in [4.78, 5) is 15.1. The van der Waals surface area contributed by atoms with Crippen LogP contribution in [0.2, 0.25) is 0 Å². The van der Waals surface area contributed by atoms with E-state index in [1.54, 1.807) is 0 Å². The van der Waals surface area contributed by atoms with Gasteiger partial charge in [0, 0.05) is 12.6 Å². The van der Waals surface area contributed by atoms with Crippen molar-refractivity contribution in [3.8, 4) is 0 Å². The summed E-state index contributed by atoms with van der Waals surface area (Å²) in [6.45, 7) is 7.65. The van der Waals surface area contributed by atoms with Crippen LogP contribution in [0.15, 0.2) is 17.5 Å². The van der Waals surface area contributed by atoms with Gasteiger partial charge in [-0.25, -0.2) is 0 Å². The number of hydrogen-bond acceptors (Lipinski definition) is 3. The third-order valence-corrected chi connectivity index (χ3v) is 4.54. The van der Waals surface area contributed by atoms with E-state index in [1.165, 1.54) is 24.2 Å². The van der Waals surface area contributed by atoms with Crippen LogP contribution in [0.1, 0.15) is 36.4 Å². The Bertz CT molecular complexity index is 367. The number of rotatable bonds is 4. The number of hydrogen-bond donors (Lipinski definition) is 1. The first-order valence-electron chi connectivity index (χ1n) is 6.72. The fourth-order valence-corrected chi connectivity index (χ4v) is 3.05. The lowest BCUT2D eigenvalue weighted by Crippen LogP contribution is -2.41.